The Labute approximate surface area is 145 Å². The number of ether oxygens (including phenoxy) is 1. The van der Waals surface area contributed by atoms with Gasteiger partial charge in [-0.2, -0.15) is 0 Å². The van der Waals surface area contributed by atoms with Crippen LogP contribution in [0.2, 0.25) is 5.02 Å². The van der Waals surface area contributed by atoms with Crippen LogP contribution in [0.25, 0.3) is 10.4 Å². The molecular formula is C17H20ClNO3S. The highest BCUT2D eigenvalue weighted by Gasteiger charge is 2.01. The SMILES string of the molecule is C=CC(=O)NC.COC.O=Cc1ccc(-c2ccc(Cl)cc2)s1. The zero-order chi connectivity index (χ0) is 17.7. The molecule has 0 bridgehead atoms. The van der Waals surface area contributed by atoms with Gasteiger partial charge in [0.1, 0.15) is 0 Å². The molecule has 1 aromatic carbocycles. The van der Waals surface area contributed by atoms with E-state index >= 15 is 0 Å². The number of amides is 1. The average molecular weight is 354 g/mol. The van der Waals surface area contributed by atoms with E-state index < -0.39 is 0 Å². The van der Waals surface area contributed by atoms with E-state index in [0.29, 0.717) is 0 Å². The third kappa shape index (κ3) is 8.93. The molecule has 0 saturated carbocycles. The number of likely N-dealkylation sites (N-methyl/N-ethyl adjacent to an activating group) is 1. The van der Waals surface area contributed by atoms with E-state index in [-0.39, 0.29) is 5.91 Å². The Morgan fingerprint density at radius 3 is 2.13 bits per heavy atom. The Kier molecular flexibility index (Phi) is 11.5. The average Bonchev–Trinajstić information content (AvgIpc) is 3.05. The van der Waals surface area contributed by atoms with Crippen molar-refractivity contribution in [3.05, 3.63) is 59.0 Å². The summed E-state index contributed by atoms with van der Waals surface area (Å²) in [4.78, 5) is 22.3. The predicted molar refractivity (Wildman–Crippen MR) is 97.3 cm³/mol. The molecule has 4 nitrogen and oxygen atoms in total. The molecule has 0 fully saturated rings. The number of carbonyl (C=O) groups excluding carboxylic acids is 2. The standard InChI is InChI=1S/C11H7ClOS.C4H7NO.C2H6O/c12-9-3-1-8(2-4-9)11-6-5-10(7-13)14-11;1-3-4(6)5-2;1-3-2/h1-7H;3H,1H2,2H3,(H,5,6);1-2H3. The number of aldehydes is 1. The quantitative estimate of drug-likeness (QED) is 0.668. The van der Waals surface area contributed by atoms with Crippen LogP contribution in [0.4, 0.5) is 0 Å². The van der Waals surface area contributed by atoms with Crippen molar-refractivity contribution in [2.75, 3.05) is 21.3 Å². The smallest absolute Gasteiger partial charge is 0.243 e. The molecule has 0 aliphatic rings. The molecule has 2 aromatic rings. The van der Waals surface area contributed by atoms with Crippen LogP contribution in [0.15, 0.2) is 49.1 Å². The third-order valence-electron chi connectivity index (χ3n) is 2.30. The fourth-order valence-corrected chi connectivity index (χ4v) is 2.24. The largest absolute Gasteiger partial charge is 0.388 e. The van der Waals surface area contributed by atoms with Crippen molar-refractivity contribution in [2.24, 2.45) is 0 Å². The summed E-state index contributed by atoms with van der Waals surface area (Å²) in [5, 5.41) is 3.08. The number of thiophene rings is 1. The van der Waals surface area contributed by atoms with Crippen molar-refractivity contribution in [1.29, 1.82) is 0 Å². The van der Waals surface area contributed by atoms with Crippen molar-refractivity contribution in [1.82, 2.24) is 5.32 Å². The van der Waals surface area contributed by atoms with Crippen LogP contribution in [-0.2, 0) is 9.53 Å². The minimum atomic E-state index is -0.144. The summed E-state index contributed by atoms with van der Waals surface area (Å²) in [6.45, 7) is 3.22. The fourth-order valence-electron chi connectivity index (χ4n) is 1.29. The van der Waals surface area contributed by atoms with Crippen LogP contribution in [0, 0.1) is 0 Å². The van der Waals surface area contributed by atoms with E-state index in [9.17, 15) is 9.59 Å². The maximum atomic E-state index is 10.5. The summed E-state index contributed by atoms with van der Waals surface area (Å²) < 4.78 is 4.25. The van der Waals surface area contributed by atoms with Crippen molar-refractivity contribution >= 4 is 35.1 Å². The first-order valence-electron chi connectivity index (χ1n) is 6.57. The van der Waals surface area contributed by atoms with Crippen LogP contribution in [-0.4, -0.2) is 33.5 Å². The second-order valence-corrected chi connectivity index (χ2v) is 5.61. The second-order valence-electron chi connectivity index (χ2n) is 4.05. The monoisotopic (exact) mass is 353 g/mol. The molecule has 0 spiro atoms. The highest BCUT2D eigenvalue weighted by atomic mass is 35.5. The molecule has 2 rings (SSSR count). The molecule has 1 heterocycles. The number of hydrogen-bond donors (Lipinski definition) is 1. The van der Waals surface area contributed by atoms with Crippen LogP contribution in [0.1, 0.15) is 9.67 Å². The summed E-state index contributed by atoms with van der Waals surface area (Å²) in [6, 6.07) is 11.3. The molecule has 1 amide bonds. The van der Waals surface area contributed by atoms with Gasteiger partial charge in [-0.25, -0.2) is 0 Å². The Morgan fingerprint density at radius 2 is 1.78 bits per heavy atom. The number of carbonyl (C=O) groups is 2. The van der Waals surface area contributed by atoms with Gasteiger partial charge >= 0.3 is 0 Å². The summed E-state index contributed by atoms with van der Waals surface area (Å²) in [7, 11) is 4.81. The first-order chi connectivity index (χ1) is 11.0. The van der Waals surface area contributed by atoms with Crippen LogP contribution in [0.3, 0.4) is 0 Å². The second kappa shape index (κ2) is 12.6. The van der Waals surface area contributed by atoms with E-state index in [1.54, 1.807) is 21.3 Å². The number of benzene rings is 1. The molecule has 23 heavy (non-hydrogen) atoms. The van der Waals surface area contributed by atoms with Crippen molar-refractivity contribution < 1.29 is 14.3 Å². The molecule has 1 aromatic heterocycles. The number of nitrogens with one attached hydrogen (secondary N) is 1. The number of rotatable bonds is 3. The third-order valence-corrected chi connectivity index (χ3v) is 3.62. The predicted octanol–water partition coefficient (Wildman–Crippen LogP) is 4.06. The maximum absolute atomic E-state index is 10.5. The molecule has 0 unspecified atom stereocenters. The maximum Gasteiger partial charge on any atom is 0.243 e. The van der Waals surface area contributed by atoms with Gasteiger partial charge in [-0.3, -0.25) is 9.59 Å². The van der Waals surface area contributed by atoms with E-state index in [2.05, 4.69) is 16.6 Å². The Balaban J connectivity index is 0.000000453. The lowest BCUT2D eigenvalue weighted by Crippen LogP contribution is -2.13. The number of halogens is 1. The lowest BCUT2D eigenvalue weighted by Gasteiger charge is -1.95. The van der Waals surface area contributed by atoms with Crippen LogP contribution >= 0.6 is 22.9 Å². The topological polar surface area (TPSA) is 55.4 Å². The molecule has 6 heteroatoms. The molecular weight excluding hydrogens is 334 g/mol. The first kappa shape index (κ1) is 21.0. The number of hydrogen-bond acceptors (Lipinski definition) is 4. The molecule has 0 aliphatic carbocycles. The van der Waals surface area contributed by atoms with Crippen molar-refractivity contribution in [2.45, 2.75) is 0 Å². The van der Waals surface area contributed by atoms with Gasteiger partial charge in [-0.15, -0.1) is 11.3 Å². The van der Waals surface area contributed by atoms with Gasteiger partial charge in [0.05, 0.1) is 4.88 Å². The highest BCUT2D eigenvalue weighted by molar-refractivity contribution is 7.17. The van der Waals surface area contributed by atoms with Gasteiger partial charge in [0.25, 0.3) is 0 Å². The lowest BCUT2D eigenvalue weighted by molar-refractivity contribution is -0.116. The normalized spacial score (nSPS) is 8.70. The zero-order valence-electron chi connectivity index (χ0n) is 13.3. The Bertz CT molecular complexity index is 609. The minimum Gasteiger partial charge on any atom is -0.388 e. The molecule has 0 radical (unpaired) electrons. The number of methoxy groups -OCH3 is 1. The molecule has 124 valence electrons. The van der Waals surface area contributed by atoms with Crippen LogP contribution in [0.5, 0.6) is 0 Å². The van der Waals surface area contributed by atoms with E-state index in [4.69, 9.17) is 11.6 Å². The highest BCUT2D eigenvalue weighted by Crippen LogP contribution is 2.28. The summed E-state index contributed by atoms with van der Waals surface area (Å²) >= 11 is 7.26. The van der Waals surface area contributed by atoms with Gasteiger partial charge in [0, 0.05) is 31.2 Å². The first-order valence-corrected chi connectivity index (χ1v) is 7.77. The zero-order valence-corrected chi connectivity index (χ0v) is 14.9. The van der Waals surface area contributed by atoms with Crippen molar-refractivity contribution in [3.8, 4) is 10.4 Å². The van der Waals surface area contributed by atoms with E-state index in [1.165, 1.54) is 17.4 Å². The summed E-state index contributed by atoms with van der Waals surface area (Å²) in [5.74, 6) is -0.144. The van der Waals surface area contributed by atoms with Gasteiger partial charge in [-0.05, 0) is 35.9 Å². The molecule has 0 atom stereocenters. The van der Waals surface area contributed by atoms with Gasteiger partial charge in [0.15, 0.2) is 6.29 Å². The molecule has 0 aliphatic heterocycles. The Hall–Kier alpha value is -1.95. The summed E-state index contributed by atoms with van der Waals surface area (Å²) in [5.41, 5.74) is 1.09. The van der Waals surface area contributed by atoms with Gasteiger partial charge < -0.3 is 10.1 Å². The minimum absolute atomic E-state index is 0.144. The van der Waals surface area contributed by atoms with Crippen molar-refractivity contribution in [3.63, 3.8) is 0 Å². The molecule has 1 N–H and O–H groups in total. The van der Waals surface area contributed by atoms with E-state index in [0.717, 1.165) is 26.6 Å². The summed E-state index contributed by atoms with van der Waals surface area (Å²) in [6.07, 6.45) is 2.09. The molecule has 0 saturated heterocycles. The van der Waals surface area contributed by atoms with Gasteiger partial charge in [-0.1, -0.05) is 30.3 Å². The van der Waals surface area contributed by atoms with Gasteiger partial charge in [0.2, 0.25) is 5.91 Å². The fraction of sp³-hybridized carbons (Fsp3) is 0.176. The van der Waals surface area contributed by atoms with E-state index in [1.807, 2.05) is 36.4 Å². The van der Waals surface area contributed by atoms with Crippen LogP contribution < -0.4 is 5.32 Å². The lowest BCUT2D eigenvalue weighted by atomic mass is 10.2. The Morgan fingerprint density at radius 1 is 1.22 bits per heavy atom.